The molecule has 0 spiro atoms. The zero-order valence-electron chi connectivity index (χ0n) is 10.5. The maximum Gasteiger partial charge on any atom is 0.348 e. The van der Waals surface area contributed by atoms with Crippen LogP contribution in [0.15, 0.2) is 23.0 Å². The number of aromatic amines is 1. The van der Waals surface area contributed by atoms with Crippen molar-refractivity contribution in [2.45, 2.75) is 26.2 Å². The van der Waals surface area contributed by atoms with Crippen molar-refractivity contribution in [1.29, 1.82) is 0 Å². The summed E-state index contributed by atoms with van der Waals surface area (Å²) >= 11 is 6.09. The molecular formula is C13H13ClN4O. The third-order valence-corrected chi connectivity index (χ3v) is 3.40. The van der Waals surface area contributed by atoms with Crippen LogP contribution in [0.4, 0.5) is 0 Å². The van der Waals surface area contributed by atoms with Gasteiger partial charge in [-0.3, -0.25) is 0 Å². The Morgan fingerprint density at radius 2 is 2.26 bits per heavy atom. The summed E-state index contributed by atoms with van der Waals surface area (Å²) in [7, 11) is 0. The van der Waals surface area contributed by atoms with Crippen LogP contribution < -0.4 is 5.69 Å². The Hall–Kier alpha value is -1.88. The van der Waals surface area contributed by atoms with Gasteiger partial charge < -0.3 is 4.98 Å². The predicted octanol–water partition coefficient (Wildman–Crippen LogP) is 2.57. The number of hydrogen-bond donors (Lipinski definition) is 1. The average molecular weight is 277 g/mol. The number of benzene rings is 1. The lowest BCUT2D eigenvalue weighted by Gasteiger charge is -2.00. The summed E-state index contributed by atoms with van der Waals surface area (Å²) < 4.78 is 1.31. The Balaban J connectivity index is 2.31. The lowest BCUT2D eigenvalue weighted by molar-refractivity contribution is 0.741. The minimum Gasteiger partial charge on any atom is -0.304 e. The van der Waals surface area contributed by atoms with Gasteiger partial charge in [0.15, 0.2) is 11.5 Å². The highest BCUT2D eigenvalue weighted by Gasteiger charge is 2.11. The minimum atomic E-state index is -0.314. The van der Waals surface area contributed by atoms with Gasteiger partial charge in [0.2, 0.25) is 0 Å². The summed E-state index contributed by atoms with van der Waals surface area (Å²) in [6, 6.07) is 5.46. The summed E-state index contributed by atoms with van der Waals surface area (Å²) in [6.45, 7) is 2.11. The largest absolute Gasteiger partial charge is 0.348 e. The molecule has 19 heavy (non-hydrogen) atoms. The Morgan fingerprint density at radius 3 is 3.05 bits per heavy atom. The topological polar surface area (TPSA) is 63.0 Å². The molecule has 0 aliphatic rings. The highest BCUT2D eigenvalue weighted by Crippen LogP contribution is 2.22. The van der Waals surface area contributed by atoms with Crippen LogP contribution in [0.3, 0.4) is 0 Å². The van der Waals surface area contributed by atoms with Crippen molar-refractivity contribution >= 4 is 28.2 Å². The highest BCUT2D eigenvalue weighted by atomic mass is 35.5. The zero-order chi connectivity index (χ0) is 13.4. The van der Waals surface area contributed by atoms with Crippen LogP contribution >= 0.6 is 11.6 Å². The first-order valence-electron chi connectivity index (χ1n) is 6.27. The van der Waals surface area contributed by atoms with E-state index < -0.39 is 0 Å². The van der Waals surface area contributed by atoms with Crippen LogP contribution in [0.5, 0.6) is 0 Å². The quantitative estimate of drug-likeness (QED) is 0.800. The van der Waals surface area contributed by atoms with E-state index in [2.05, 4.69) is 22.0 Å². The Kier molecular flexibility index (Phi) is 2.98. The van der Waals surface area contributed by atoms with E-state index in [1.807, 2.05) is 12.1 Å². The molecule has 0 saturated heterocycles. The van der Waals surface area contributed by atoms with Gasteiger partial charge in [-0.1, -0.05) is 31.0 Å². The van der Waals surface area contributed by atoms with E-state index >= 15 is 0 Å². The second-order valence-electron chi connectivity index (χ2n) is 4.46. The fourth-order valence-corrected chi connectivity index (χ4v) is 2.33. The molecule has 2 heterocycles. The molecule has 1 N–H and O–H groups in total. The molecule has 98 valence electrons. The smallest absolute Gasteiger partial charge is 0.304 e. The number of aryl methyl sites for hydroxylation is 1. The summed E-state index contributed by atoms with van der Waals surface area (Å²) in [5, 5.41) is 5.57. The SMILES string of the molecule is CCCCc1nc2c3cccc(Cl)c3[nH]c(=O)n2n1. The number of H-pyrrole nitrogens is 1. The standard InChI is InChI=1S/C13H13ClN4O/c1-2-3-7-10-15-12-8-5-4-6-9(14)11(8)16-13(19)18(12)17-10/h4-6H,2-3,7H2,1H3,(H,16,19). The zero-order valence-corrected chi connectivity index (χ0v) is 11.2. The molecule has 0 atom stereocenters. The predicted molar refractivity (Wildman–Crippen MR) is 74.7 cm³/mol. The molecule has 0 aliphatic heterocycles. The molecule has 2 aromatic heterocycles. The van der Waals surface area contributed by atoms with E-state index in [-0.39, 0.29) is 5.69 Å². The molecular weight excluding hydrogens is 264 g/mol. The fraction of sp³-hybridized carbons (Fsp3) is 0.308. The lowest BCUT2D eigenvalue weighted by atomic mass is 10.2. The fourth-order valence-electron chi connectivity index (χ4n) is 2.11. The number of nitrogens with one attached hydrogen (secondary N) is 1. The number of unbranched alkanes of at least 4 members (excludes halogenated alkanes) is 1. The number of halogens is 1. The summed E-state index contributed by atoms with van der Waals surface area (Å²) in [5.74, 6) is 0.694. The van der Waals surface area contributed by atoms with Gasteiger partial charge in [0.1, 0.15) is 0 Å². The number of aromatic nitrogens is 4. The summed E-state index contributed by atoms with van der Waals surface area (Å²) in [6.07, 6.45) is 2.85. The van der Waals surface area contributed by atoms with E-state index in [1.165, 1.54) is 4.52 Å². The van der Waals surface area contributed by atoms with Crippen molar-refractivity contribution < 1.29 is 0 Å². The number of nitrogens with zero attached hydrogens (tertiary/aromatic N) is 3. The number of rotatable bonds is 3. The summed E-state index contributed by atoms with van der Waals surface area (Å²) in [4.78, 5) is 19.2. The van der Waals surface area contributed by atoms with Crippen LogP contribution in [-0.4, -0.2) is 19.6 Å². The molecule has 5 nitrogen and oxygen atoms in total. The Morgan fingerprint density at radius 1 is 1.42 bits per heavy atom. The molecule has 3 aromatic rings. The molecule has 0 unspecified atom stereocenters. The Bertz CT molecular complexity index is 805. The third kappa shape index (κ3) is 2.00. The van der Waals surface area contributed by atoms with Crippen molar-refractivity contribution in [3.8, 4) is 0 Å². The second-order valence-corrected chi connectivity index (χ2v) is 4.87. The first-order chi connectivity index (χ1) is 9.20. The van der Waals surface area contributed by atoms with E-state index in [4.69, 9.17) is 11.6 Å². The van der Waals surface area contributed by atoms with Crippen molar-refractivity contribution in [2.24, 2.45) is 0 Å². The number of para-hydroxylation sites is 1. The van der Waals surface area contributed by atoms with E-state index in [0.29, 0.717) is 22.0 Å². The van der Waals surface area contributed by atoms with Crippen LogP contribution in [0.2, 0.25) is 5.02 Å². The van der Waals surface area contributed by atoms with Gasteiger partial charge in [-0.2, -0.15) is 4.52 Å². The van der Waals surface area contributed by atoms with E-state index in [1.54, 1.807) is 6.07 Å². The summed E-state index contributed by atoms with van der Waals surface area (Å²) in [5.41, 5.74) is 0.856. The van der Waals surface area contributed by atoms with Gasteiger partial charge in [0.25, 0.3) is 0 Å². The number of fused-ring (bicyclic) bond motifs is 3. The first-order valence-corrected chi connectivity index (χ1v) is 6.64. The first kappa shape index (κ1) is 12.2. The van der Waals surface area contributed by atoms with Gasteiger partial charge >= 0.3 is 5.69 Å². The van der Waals surface area contributed by atoms with Gasteiger partial charge in [0, 0.05) is 11.8 Å². The molecule has 0 amide bonds. The molecule has 0 bridgehead atoms. The van der Waals surface area contributed by atoms with Crippen LogP contribution in [0.1, 0.15) is 25.6 Å². The van der Waals surface area contributed by atoms with Crippen molar-refractivity contribution in [2.75, 3.05) is 0 Å². The van der Waals surface area contributed by atoms with Crippen LogP contribution in [-0.2, 0) is 6.42 Å². The van der Waals surface area contributed by atoms with Crippen molar-refractivity contribution in [3.63, 3.8) is 0 Å². The average Bonchev–Trinajstić information content (AvgIpc) is 2.83. The second kappa shape index (κ2) is 4.66. The maximum absolute atomic E-state index is 12.0. The lowest BCUT2D eigenvalue weighted by Crippen LogP contribution is -2.17. The molecule has 0 fully saturated rings. The molecule has 0 radical (unpaired) electrons. The molecule has 3 rings (SSSR count). The minimum absolute atomic E-state index is 0.314. The molecule has 6 heteroatoms. The monoisotopic (exact) mass is 276 g/mol. The normalized spacial score (nSPS) is 11.5. The highest BCUT2D eigenvalue weighted by molar-refractivity contribution is 6.35. The van der Waals surface area contributed by atoms with E-state index in [9.17, 15) is 4.79 Å². The maximum atomic E-state index is 12.0. The van der Waals surface area contributed by atoms with Crippen LogP contribution in [0, 0.1) is 0 Å². The molecule has 0 aliphatic carbocycles. The molecule has 0 saturated carbocycles. The molecule has 1 aromatic carbocycles. The third-order valence-electron chi connectivity index (χ3n) is 3.08. The van der Waals surface area contributed by atoms with Gasteiger partial charge in [-0.05, 0) is 18.6 Å². The van der Waals surface area contributed by atoms with Crippen molar-refractivity contribution in [3.05, 3.63) is 39.5 Å². The van der Waals surface area contributed by atoms with Crippen molar-refractivity contribution in [1.82, 2.24) is 19.6 Å². The van der Waals surface area contributed by atoms with Crippen LogP contribution in [0.25, 0.3) is 16.6 Å². The van der Waals surface area contributed by atoms with Gasteiger partial charge in [-0.15, -0.1) is 5.10 Å². The number of hydrogen-bond acceptors (Lipinski definition) is 3. The Labute approximate surface area is 114 Å². The van der Waals surface area contributed by atoms with Gasteiger partial charge in [0.05, 0.1) is 10.5 Å². The van der Waals surface area contributed by atoms with Gasteiger partial charge in [-0.25, -0.2) is 9.78 Å². The van der Waals surface area contributed by atoms with E-state index in [0.717, 1.165) is 24.6 Å².